The molecule has 2 heteroatoms. The van der Waals surface area contributed by atoms with Crippen molar-refractivity contribution in [1.82, 2.24) is 5.32 Å². The van der Waals surface area contributed by atoms with Crippen molar-refractivity contribution in [3.05, 3.63) is 0 Å². The zero-order valence-corrected chi connectivity index (χ0v) is 9.61. The molecule has 1 N–H and O–H groups in total. The van der Waals surface area contributed by atoms with E-state index >= 15 is 0 Å². The lowest BCUT2D eigenvalue weighted by atomic mass is 9.84. The highest BCUT2D eigenvalue weighted by Crippen LogP contribution is 2.22. The monoisotopic (exact) mass is 185 g/mol. The zero-order valence-electron chi connectivity index (χ0n) is 9.61. The first-order chi connectivity index (χ1) is 5.99. The van der Waals surface area contributed by atoms with Crippen LogP contribution in [0.1, 0.15) is 41.0 Å². The van der Waals surface area contributed by atoms with Crippen LogP contribution >= 0.6 is 0 Å². The Morgan fingerprint density at radius 1 is 1.31 bits per heavy atom. The molecule has 0 amide bonds. The molecule has 1 aliphatic heterocycles. The summed E-state index contributed by atoms with van der Waals surface area (Å²) in [7, 11) is 0. The molecule has 13 heavy (non-hydrogen) atoms. The summed E-state index contributed by atoms with van der Waals surface area (Å²) in [6.45, 7) is 12.1. The molecule has 0 radical (unpaired) electrons. The van der Waals surface area contributed by atoms with Gasteiger partial charge in [0.1, 0.15) is 5.78 Å². The fourth-order valence-corrected chi connectivity index (χ4v) is 1.18. The third kappa shape index (κ3) is 5.04. The predicted octanol–water partition coefficient (Wildman–Crippen LogP) is 2.24. The predicted molar refractivity (Wildman–Crippen MR) is 56.8 cm³/mol. The molecule has 0 spiro atoms. The van der Waals surface area contributed by atoms with Crippen LogP contribution in [0.25, 0.3) is 0 Å². The molecule has 0 atom stereocenters. The number of nitrogens with one attached hydrogen (secondary N) is 1. The lowest BCUT2D eigenvalue weighted by Gasteiger charge is -2.28. The van der Waals surface area contributed by atoms with Gasteiger partial charge in [-0.05, 0) is 5.41 Å². The van der Waals surface area contributed by atoms with Crippen LogP contribution in [0.2, 0.25) is 0 Å². The highest BCUT2D eigenvalue weighted by Gasteiger charge is 2.27. The van der Waals surface area contributed by atoms with Gasteiger partial charge < -0.3 is 5.32 Å². The van der Waals surface area contributed by atoms with Gasteiger partial charge in [-0.2, -0.15) is 0 Å². The molecule has 1 rings (SSSR count). The van der Waals surface area contributed by atoms with Crippen LogP contribution in [0.15, 0.2) is 0 Å². The van der Waals surface area contributed by atoms with Crippen molar-refractivity contribution in [3.63, 3.8) is 0 Å². The maximum atomic E-state index is 11.4. The fraction of sp³-hybridized carbons (Fsp3) is 0.909. The first-order valence-electron chi connectivity index (χ1n) is 5.22. The van der Waals surface area contributed by atoms with Gasteiger partial charge in [0.15, 0.2) is 0 Å². The third-order valence-electron chi connectivity index (χ3n) is 1.94. The molecule has 0 aromatic heterocycles. The van der Waals surface area contributed by atoms with E-state index in [1.807, 2.05) is 13.8 Å². The standard InChI is InChI=1S/C9H17NO.C2H6/c1-9(2,3)4-8(11)7-5-10-6-7;1-2/h7,10H,4-6H2,1-3H3;1-2H3. The largest absolute Gasteiger partial charge is 0.315 e. The van der Waals surface area contributed by atoms with Crippen LogP contribution in [0.4, 0.5) is 0 Å². The summed E-state index contributed by atoms with van der Waals surface area (Å²) in [6, 6.07) is 0. The SMILES string of the molecule is CC.CC(C)(C)CC(=O)C1CNC1. The molecule has 0 aromatic rings. The Bertz CT molecular complexity index is 154. The lowest BCUT2D eigenvalue weighted by molar-refractivity contribution is -0.126. The van der Waals surface area contributed by atoms with E-state index in [0.717, 1.165) is 19.5 Å². The van der Waals surface area contributed by atoms with Crippen molar-refractivity contribution in [2.24, 2.45) is 11.3 Å². The van der Waals surface area contributed by atoms with Gasteiger partial charge in [0.25, 0.3) is 0 Å². The second-order valence-corrected chi connectivity index (χ2v) is 4.56. The van der Waals surface area contributed by atoms with Gasteiger partial charge in [-0.3, -0.25) is 4.79 Å². The highest BCUT2D eigenvalue weighted by atomic mass is 16.1. The summed E-state index contributed by atoms with van der Waals surface area (Å²) in [5.41, 5.74) is 0.159. The Hall–Kier alpha value is -0.370. The molecule has 1 saturated heterocycles. The maximum Gasteiger partial charge on any atom is 0.139 e. The normalized spacial score (nSPS) is 17.0. The number of Topliss-reactive ketones (excluding diaryl/α,β-unsaturated/α-hetero) is 1. The summed E-state index contributed by atoms with van der Waals surface area (Å²) in [4.78, 5) is 11.4. The molecule has 0 bridgehead atoms. The van der Waals surface area contributed by atoms with E-state index in [1.54, 1.807) is 0 Å². The molecule has 0 saturated carbocycles. The third-order valence-corrected chi connectivity index (χ3v) is 1.94. The fourth-order valence-electron chi connectivity index (χ4n) is 1.18. The van der Waals surface area contributed by atoms with Gasteiger partial charge in [0.2, 0.25) is 0 Å². The van der Waals surface area contributed by atoms with Gasteiger partial charge in [-0.15, -0.1) is 0 Å². The zero-order chi connectivity index (χ0) is 10.5. The molecular formula is C11H23NO. The van der Waals surface area contributed by atoms with Crippen LogP contribution in [-0.2, 0) is 4.79 Å². The van der Waals surface area contributed by atoms with Gasteiger partial charge in [0, 0.05) is 25.4 Å². The Balaban J connectivity index is 0.000000671. The van der Waals surface area contributed by atoms with Crippen molar-refractivity contribution in [2.45, 2.75) is 41.0 Å². The smallest absolute Gasteiger partial charge is 0.139 e. The first-order valence-corrected chi connectivity index (χ1v) is 5.22. The summed E-state index contributed by atoms with van der Waals surface area (Å²) >= 11 is 0. The Morgan fingerprint density at radius 2 is 1.77 bits per heavy atom. The van der Waals surface area contributed by atoms with E-state index in [1.165, 1.54) is 0 Å². The van der Waals surface area contributed by atoms with E-state index in [-0.39, 0.29) is 5.41 Å². The number of rotatable bonds is 2. The average molecular weight is 185 g/mol. The van der Waals surface area contributed by atoms with Gasteiger partial charge in [-0.1, -0.05) is 34.6 Å². The van der Waals surface area contributed by atoms with Gasteiger partial charge in [-0.25, -0.2) is 0 Å². The van der Waals surface area contributed by atoms with Crippen LogP contribution in [-0.4, -0.2) is 18.9 Å². The Kier molecular flexibility index (Phi) is 5.23. The van der Waals surface area contributed by atoms with E-state index in [0.29, 0.717) is 11.7 Å². The quantitative estimate of drug-likeness (QED) is 0.715. The summed E-state index contributed by atoms with van der Waals surface area (Å²) in [5.74, 6) is 0.741. The molecule has 0 unspecified atom stereocenters. The minimum absolute atomic E-state index is 0.159. The van der Waals surface area contributed by atoms with Crippen LogP contribution in [0.3, 0.4) is 0 Å². The molecule has 0 aliphatic carbocycles. The highest BCUT2D eigenvalue weighted by molar-refractivity contribution is 5.82. The number of hydrogen-bond acceptors (Lipinski definition) is 2. The minimum Gasteiger partial charge on any atom is -0.315 e. The van der Waals surface area contributed by atoms with Crippen molar-refractivity contribution in [1.29, 1.82) is 0 Å². The number of hydrogen-bond donors (Lipinski definition) is 1. The van der Waals surface area contributed by atoms with Gasteiger partial charge >= 0.3 is 0 Å². The molecule has 2 nitrogen and oxygen atoms in total. The van der Waals surface area contributed by atoms with Crippen molar-refractivity contribution in [2.75, 3.05) is 13.1 Å². The van der Waals surface area contributed by atoms with E-state index in [4.69, 9.17) is 0 Å². The summed E-state index contributed by atoms with van der Waals surface area (Å²) in [6.07, 6.45) is 0.722. The molecule has 78 valence electrons. The molecule has 1 fully saturated rings. The second-order valence-electron chi connectivity index (χ2n) is 4.56. The minimum atomic E-state index is 0.159. The molecular weight excluding hydrogens is 162 g/mol. The number of carbonyl (C=O) groups is 1. The van der Waals surface area contributed by atoms with Gasteiger partial charge in [0.05, 0.1) is 0 Å². The van der Waals surface area contributed by atoms with Crippen LogP contribution < -0.4 is 5.32 Å². The maximum absolute atomic E-state index is 11.4. The van der Waals surface area contributed by atoms with Crippen LogP contribution in [0, 0.1) is 11.3 Å². The van der Waals surface area contributed by atoms with Crippen LogP contribution in [0.5, 0.6) is 0 Å². The lowest BCUT2D eigenvalue weighted by Crippen LogP contribution is -2.47. The van der Waals surface area contributed by atoms with E-state index < -0.39 is 0 Å². The van der Waals surface area contributed by atoms with Crippen molar-refractivity contribution >= 4 is 5.78 Å². The molecule has 1 heterocycles. The molecule has 0 aromatic carbocycles. The number of carbonyl (C=O) groups excluding carboxylic acids is 1. The number of ketones is 1. The van der Waals surface area contributed by atoms with E-state index in [2.05, 4.69) is 26.1 Å². The first kappa shape index (κ1) is 12.6. The Labute approximate surface area is 82.1 Å². The van der Waals surface area contributed by atoms with Crippen molar-refractivity contribution < 1.29 is 4.79 Å². The molecule has 1 aliphatic rings. The topological polar surface area (TPSA) is 29.1 Å². The summed E-state index contributed by atoms with van der Waals surface area (Å²) in [5, 5.41) is 3.11. The average Bonchev–Trinajstić information content (AvgIpc) is 1.83. The van der Waals surface area contributed by atoms with E-state index in [9.17, 15) is 4.79 Å². The summed E-state index contributed by atoms with van der Waals surface area (Å²) < 4.78 is 0. The second kappa shape index (κ2) is 5.38. The van der Waals surface area contributed by atoms with Crippen molar-refractivity contribution in [3.8, 4) is 0 Å². The Morgan fingerprint density at radius 3 is 2.00 bits per heavy atom.